The van der Waals surface area contributed by atoms with E-state index in [1.165, 1.54) is 10.7 Å². The Morgan fingerprint density at radius 1 is 1.20 bits per heavy atom. The summed E-state index contributed by atoms with van der Waals surface area (Å²) in [7, 11) is 1.76. The zero-order valence-electron chi connectivity index (χ0n) is 17.6. The third-order valence-corrected chi connectivity index (χ3v) is 6.22. The fraction of sp³-hybridized carbons (Fsp3) is 0.619. The van der Waals surface area contributed by atoms with Crippen molar-refractivity contribution in [2.75, 3.05) is 18.0 Å². The predicted octanol–water partition coefficient (Wildman–Crippen LogP) is 1.16. The first-order chi connectivity index (χ1) is 14.4. The van der Waals surface area contributed by atoms with Crippen LogP contribution in [0.25, 0.3) is 0 Å². The van der Waals surface area contributed by atoms with E-state index in [4.69, 9.17) is 0 Å². The molecule has 9 heteroatoms. The highest BCUT2D eigenvalue weighted by Crippen LogP contribution is 2.29. The molecule has 2 aromatic rings. The third kappa shape index (κ3) is 4.12. The van der Waals surface area contributed by atoms with E-state index in [1.807, 2.05) is 6.92 Å². The molecule has 0 bridgehead atoms. The number of anilines is 1. The van der Waals surface area contributed by atoms with E-state index in [9.17, 15) is 14.7 Å². The first kappa shape index (κ1) is 20.6. The maximum atomic E-state index is 12.6. The lowest BCUT2D eigenvalue weighted by Crippen LogP contribution is -2.48. The van der Waals surface area contributed by atoms with Crippen molar-refractivity contribution in [2.24, 2.45) is 7.05 Å². The lowest BCUT2D eigenvalue weighted by atomic mass is 10.0. The SMILES string of the molecule is Cc1cc(C(=O)NCC2CCCCN2c2ccc(=O)n(C3CCCC3O)n2)n(C)n1. The molecule has 2 fully saturated rings. The molecular weight excluding hydrogens is 384 g/mol. The summed E-state index contributed by atoms with van der Waals surface area (Å²) in [5, 5.41) is 22.1. The van der Waals surface area contributed by atoms with Gasteiger partial charge in [0.2, 0.25) is 0 Å². The van der Waals surface area contributed by atoms with Gasteiger partial charge in [0.05, 0.1) is 17.8 Å². The molecule has 2 aliphatic rings. The number of hydrogen-bond donors (Lipinski definition) is 2. The first-order valence-electron chi connectivity index (χ1n) is 10.8. The average molecular weight is 415 g/mol. The van der Waals surface area contributed by atoms with Crippen molar-refractivity contribution in [1.82, 2.24) is 24.9 Å². The number of carbonyl (C=O) groups is 1. The number of amides is 1. The van der Waals surface area contributed by atoms with Crippen LogP contribution < -0.4 is 15.8 Å². The number of aliphatic hydroxyl groups is 1. The fourth-order valence-corrected chi connectivity index (χ4v) is 4.65. The molecule has 1 saturated heterocycles. The van der Waals surface area contributed by atoms with Gasteiger partial charge in [0.1, 0.15) is 11.5 Å². The van der Waals surface area contributed by atoms with Gasteiger partial charge in [-0.15, -0.1) is 0 Å². The van der Waals surface area contributed by atoms with E-state index in [1.54, 1.807) is 23.9 Å². The Morgan fingerprint density at radius 3 is 2.73 bits per heavy atom. The maximum absolute atomic E-state index is 12.6. The summed E-state index contributed by atoms with van der Waals surface area (Å²) in [6.07, 6.45) is 4.91. The van der Waals surface area contributed by atoms with Crippen LogP contribution in [0.4, 0.5) is 5.82 Å². The van der Waals surface area contributed by atoms with Crippen LogP contribution in [0.2, 0.25) is 0 Å². The van der Waals surface area contributed by atoms with Gasteiger partial charge in [0.15, 0.2) is 0 Å². The molecule has 1 aliphatic heterocycles. The Balaban J connectivity index is 1.50. The minimum Gasteiger partial charge on any atom is -0.391 e. The second-order valence-corrected chi connectivity index (χ2v) is 8.39. The van der Waals surface area contributed by atoms with Gasteiger partial charge in [-0.3, -0.25) is 14.3 Å². The van der Waals surface area contributed by atoms with E-state index in [0.29, 0.717) is 18.7 Å². The molecule has 9 nitrogen and oxygen atoms in total. The number of hydrogen-bond acceptors (Lipinski definition) is 6. The number of nitrogens with zero attached hydrogens (tertiary/aromatic N) is 5. The summed E-state index contributed by atoms with van der Waals surface area (Å²) in [5.74, 6) is 0.583. The number of aliphatic hydroxyl groups excluding tert-OH is 1. The molecule has 3 atom stereocenters. The molecule has 3 heterocycles. The monoisotopic (exact) mass is 414 g/mol. The quantitative estimate of drug-likeness (QED) is 0.761. The van der Waals surface area contributed by atoms with Crippen molar-refractivity contribution in [3.63, 3.8) is 0 Å². The fourth-order valence-electron chi connectivity index (χ4n) is 4.65. The van der Waals surface area contributed by atoms with E-state index < -0.39 is 6.10 Å². The molecule has 1 saturated carbocycles. The van der Waals surface area contributed by atoms with Crippen LogP contribution in [0.1, 0.15) is 60.7 Å². The maximum Gasteiger partial charge on any atom is 0.269 e. The highest BCUT2D eigenvalue weighted by atomic mass is 16.3. The number of carbonyl (C=O) groups excluding carboxylic acids is 1. The first-order valence-corrected chi connectivity index (χ1v) is 10.8. The Labute approximate surface area is 175 Å². The number of piperidine rings is 1. The number of aromatic nitrogens is 4. The second kappa shape index (κ2) is 8.59. The zero-order valence-corrected chi connectivity index (χ0v) is 17.6. The van der Waals surface area contributed by atoms with Crippen molar-refractivity contribution >= 4 is 11.7 Å². The van der Waals surface area contributed by atoms with E-state index in [-0.39, 0.29) is 23.6 Å². The van der Waals surface area contributed by atoms with Crippen molar-refractivity contribution in [3.05, 3.63) is 39.9 Å². The molecule has 2 N–H and O–H groups in total. The molecule has 162 valence electrons. The van der Waals surface area contributed by atoms with Crippen LogP contribution in [-0.4, -0.2) is 55.8 Å². The van der Waals surface area contributed by atoms with Crippen molar-refractivity contribution in [3.8, 4) is 0 Å². The van der Waals surface area contributed by atoms with Crippen LogP contribution in [0.5, 0.6) is 0 Å². The molecule has 0 spiro atoms. The van der Waals surface area contributed by atoms with Gasteiger partial charge in [0, 0.05) is 32.2 Å². The van der Waals surface area contributed by atoms with Gasteiger partial charge in [0.25, 0.3) is 11.5 Å². The van der Waals surface area contributed by atoms with Gasteiger partial charge in [-0.25, -0.2) is 4.68 Å². The Kier molecular flexibility index (Phi) is 5.90. The summed E-state index contributed by atoms with van der Waals surface area (Å²) < 4.78 is 3.04. The predicted molar refractivity (Wildman–Crippen MR) is 113 cm³/mol. The van der Waals surface area contributed by atoms with Crippen LogP contribution >= 0.6 is 0 Å². The number of rotatable bonds is 5. The molecule has 0 radical (unpaired) electrons. The lowest BCUT2D eigenvalue weighted by molar-refractivity contribution is 0.0940. The van der Waals surface area contributed by atoms with Crippen molar-refractivity contribution in [1.29, 1.82) is 0 Å². The molecule has 3 unspecified atom stereocenters. The van der Waals surface area contributed by atoms with Crippen molar-refractivity contribution < 1.29 is 9.90 Å². The van der Waals surface area contributed by atoms with Crippen molar-refractivity contribution in [2.45, 2.75) is 63.6 Å². The average Bonchev–Trinajstić information content (AvgIpc) is 3.31. The Hall–Kier alpha value is -2.68. The minimum absolute atomic E-state index is 0.101. The molecule has 2 aromatic heterocycles. The van der Waals surface area contributed by atoms with Gasteiger partial charge in [-0.05, 0) is 57.6 Å². The normalized spacial score (nSPS) is 24.2. The number of aryl methyl sites for hydroxylation is 2. The summed E-state index contributed by atoms with van der Waals surface area (Å²) in [4.78, 5) is 27.2. The second-order valence-electron chi connectivity index (χ2n) is 8.39. The smallest absolute Gasteiger partial charge is 0.269 e. The Bertz CT molecular complexity index is 968. The van der Waals surface area contributed by atoms with Crippen LogP contribution in [-0.2, 0) is 7.05 Å². The molecule has 4 rings (SSSR count). The topological polar surface area (TPSA) is 105 Å². The van der Waals surface area contributed by atoms with E-state index in [0.717, 1.165) is 50.2 Å². The van der Waals surface area contributed by atoms with E-state index >= 15 is 0 Å². The minimum atomic E-state index is -0.524. The summed E-state index contributed by atoms with van der Waals surface area (Å²) >= 11 is 0. The summed E-state index contributed by atoms with van der Waals surface area (Å²) in [6, 6.07) is 4.91. The van der Waals surface area contributed by atoms with Crippen LogP contribution in [0, 0.1) is 6.92 Å². The van der Waals surface area contributed by atoms with E-state index in [2.05, 4.69) is 20.4 Å². The highest BCUT2D eigenvalue weighted by Gasteiger charge is 2.30. The third-order valence-electron chi connectivity index (χ3n) is 6.22. The zero-order chi connectivity index (χ0) is 21.3. The van der Waals surface area contributed by atoms with Crippen LogP contribution in [0.15, 0.2) is 23.0 Å². The largest absolute Gasteiger partial charge is 0.391 e. The molecular formula is C21H30N6O3. The highest BCUT2D eigenvalue weighted by molar-refractivity contribution is 5.92. The molecule has 1 amide bonds. The van der Waals surface area contributed by atoms with Gasteiger partial charge >= 0.3 is 0 Å². The Morgan fingerprint density at radius 2 is 2.03 bits per heavy atom. The van der Waals surface area contributed by atoms with Gasteiger partial charge < -0.3 is 15.3 Å². The number of nitrogens with one attached hydrogen (secondary N) is 1. The molecule has 30 heavy (non-hydrogen) atoms. The standard InChI is InChI=1S/C21H30N6O3/c1-14-12-17(25(2)23-14)21(30)22-13-15-6-3-4-11-26(15)19-9-10-20(29)27(24-19)16-7-5-8-18(16)28/h9-10,12,15-16,18,28H,3-8,11,13H2,1-2H3,(H,22,30). The summed E-state index contributed by atoms with van der Waals surface area (Å²) in [6.45, 7) is 3.18. The molecule has 0 aromatic carbocycles. The van der Waals surface area contributed by atoms with Gasteiger partial charge in [-0.2, -0.15) is 10.2 Å². The molecule has 1 aliphatic carbocycles. The summed E-state index contributed by atoms with van der Waals surface area (Å²) in [5.41, 5.74) is 1.16. The van der Waals surface area contributed by atoms with Crippen LogP contribution in [0.3, 0.4) is 0 Å². The van der Waals surface area contributed by atoms with Gasteiger partial charge in [-0.1, -0.05) is 0 Å². The lowest BCUT2D eigenvalue weighted by Gasteiger charge is -2.37.